The Morgan fingerprint density at radius 1 is 1.30 bits per heavy atom. The first-order chi connectivity index (χ1) is 11.1. The van der Waals surface area contributed by atoms with Crippen LogP contribution in [0.25, 0.3) is 0 Å². The first-order valence-electron chi connectivity index (χ1n) is 7.49. The van der Waals surface area contributed by atoms with Gasteiger partial charge in [-0.15, -0.1) is 0 Å². The Morgan fingerprint density at radius 2 is 2.13 bits per heavy atom. The smallest absolute Gasteiger partial charge is 0.239 e. The number of pyridine rings is 1. The molecule has 1 aliphatic carbocycles. The van der Waals surface area contributed by atoms with Gasteiger partial charge in [0.05, 0.1) is 23.7 Å². The lowest BCUT2D eigenvalue weighted by Gasteiger charge is -2.29. The number of benzene rings is 1. The van der Waals surface area contributed by atoms with Crippen molar-refractivity contribution >= 4 is 23.3 Å². The summed E-state index contributed by atoms with van der Waals surface area (Å²) in [6.07, 6.45) is 3.15. The van der Waals surface area contributed by atoms with Gasteiger partial charge in [0.2, 0.25) is 5.91 Å². The highest BCUT2D eigenvalue weighted by Gasteiger charge is 2.37. The van der Waals surface area contributed by atoms with Crippen molar-refractivity contribution in [2.45, 2.75) is 18.4 Å². The van der Waals surface area contributed by atoms with Crippen LogP contribution in [0.4, 0.5) is 5.82 Å². The van der Waals surface area contributed by atoms with Crippen LogP contribution in [-0.4, -0.2) is 29.1 Å². The molecule has 1 aromatic carbocycles. The predicted octanol–water partition coefficient (Wildman–Crippen LogP) is 2.10. The first-order valence-corrected chi connectivity index (χ1v) is 7.86. The number of nitrogens with one attached hydrogen (secondary N) is 2. The van der Waals surface area contributed by atoms with Crippen LogP contribution in [0, 0.1) is 0 Å². The number of carbonyl (C=O) groups is 1. The third-order valence-corrected chi connectivity index (χ3v) is 4.43. The summed E-state index contributed by atoms with van der Waals surface area (Å²) in [4.78, 5) is 16.1. The quantitative estimate of drug-likeness (QED) is 0.784. The van der Waals surface area contributed by atoms with Crippen molar-refractivity contribution in [2.24, 2.45) is 0 Å². The number of amides is 1. The van der Waals surface area contributed by atoms with E-state index in [-0.39, 0.29) is 19.1 Å². The number of aliphatic hydroxyl groups excluding tert-OH is 1. The van der Waals surface area contributed by atoms with Gasteiger partial charge in [0.15, 0.2) is 0 Å². The van der Waals surface area contributed by atoms with E-state index in [9.17, 15) is 9.90 Å². The van der Waals surface area contributed by atoms with Crippen LogP contribution < -0.4 is 10.6 Å². The maximum Gasteiger partial charge on any atom is 0.239 e. The zero-order chi connectivity index (χ0) is 16.3. The van der Waals surface area contributed by atoms with E-state index in [1.807, 2.05) is 18.2 Å². The summed E-state index contributed by atoms with van der Waals surface area (Å²) in [7, 11) is 0. The monoisotopic (exact) mass is 331 g/mol. The molecule has 0 fully saturated rings. The molecular weight excluding hydrogens is 314 g/mol. The molecule has 2 aromatic rings. The molecule has 1 amide bonds. The van der Waals surface area contributed by atoms with Crippen molar-refractivity contribution in [2.75, 3.05) is 18.5 Å². The van der Waals surface area contributed by atoms with Crippen LogP contribution in [0.5, 0.6) is 0 Å². The molecule has 1 heterocycles. The molecule has 0 spiro atoms. The lowest BCUT2D eigenvalue weighted by molar-refractivity contribution is -0.115. The topological polar surface area (TPSA) is 74.2 Å². The lowest BCUT2D eigenvalue weighted by Crippen LogP contribution is -2.47. The summed E-state index contributed by atoms with van der Waals surface area (Å²) >= 11 is 5.77. The molecule has 0 saturated carbocycles. The third kappa shape index (κ3) is 3.37. The van der Waals surface area contributed by atoms with Gasteiger partial charge < -0.3 is 10.4 Å². The number of halogens is 1. The highest BCUT2D eigenvalue weighted by molar-refractivity contribution is 6.30. The number of anilines is 1. The van der Waals surface area contributed by atoms with Crippen molar-refractivity contribution in [3.8, 4) is 0 Å². The molecule has 3 rings (SSSR count). The normalized spacial score (nSPS) is 19.4. The number of nitrogens with zero attached hydrogens (tertiary/aromatic N) is 1. The minimum absolute atomic E-state index is 0.0452. The van der Waals surface area contributed by atoms with Gasteiger partial charge in [0.1, 0.15) is 5.82 Å². The fourth-order valence-corrected chi connectivity index (χ4v) is 3.09. The number of rotatable bonds is 5. The minimum atomic E-state index is -0.554. The Balaban J connectivity index is 1.65. The average Bonchev–Trinajstić information content (AvgIpc) is 2.95. The molecule has 0 aliphatic heterocycles. The van der Waals surface area contributed by atoms with Crippen molar-refractivity contribution < 1.29 is 9.90 Å². The van der Waals surface area contributed by atoms with Gasteiger partial charge in [-0.2, -0.15) is 0 Å². The average molecular weight is 332 g/mol. The van der Waals surface area contributed by atoms with Crippen molar-refractivity contribution in [1.82, 2.24) is 10.3 Å². The van der Waals surface area contributed by atoms with E-state index in [4.69, 9.17) is 11.6 Å². The molecule has 23 heavy (non-hydrogen) atoms. The van der Waals surface area contributed by atoms with E-state index in [2.05, 4.69) is 21.7 Å². The largest absolute Gasteiger partial charge is 0.394 e. The predicted molar refractivity (Wildman–Crippen MR) is 89.4 cm³/mol. The second-order valence-corrected chi connectivity index (χ2v) is 6.10. The van der Waals surface area contributed by atoms with Crippen molar-refractivity contribution in [3.63, 3.8) is 0 Å². The summed E-state index contributed by atoms with van der Waals surface area (Å²) in [5, 5.41) is 16.3. The molecule has 1 atom stereocenters. The molecule has 0 saturated heterocycles. The third-order valence-electron chi connectivity index (χ3n) is 4.21. The van der Waals surface area contributed by atoms with Gasteiger partial charge in [0, 0.05) is 6.20 Å². The highest BCUT2D eigenvalue weighted by atomic mass is 35.5. The molecule has 1 aromatic heterocycles. The Morgan fingerprint density at radius 3 is 2.87 bits per heavy atom. The van der Waals surface area contributed by atoms with Crippen LogP contribution in [0.1, 0.15) is 17.5 Å². The summed E-state index contributed by atoms with van der Waals surface area (Å²) in [5.41, 5.74) is 1.73. The highest BCUT2D eigenvalue weighted by Crippen LogP contribution is 2.36. The lowest BCUT2D eigenvalue weighted by atomic mass is 9.92. The second kappa shape index (κ2) is 6.66. The van der Waals surface area contributed by atoms with Crippen molar-refractivity contribution in [3.05, 3.63) is 58.7 Å². The number of aliphatic hydroxyl groups is 1. The Labute approximate surface area is 139 Å². The summed E-state index contributed by atoms with van der Waals surface area (Å²) in [6.45, 7) is 0.0513. The number of aryl methyl sites for hydroxylation is 1. The molecule has 1 aliphatic rings. The van der Waals surface area contributed by atoms with E-state index < -0.39 is 5.54 Å². The summed E-state index contributed by atoms with van der Waals surface area (Å²) in [5.74, 6) is 0.239. The van der Waals surface area contributed by atoms with E-state index in [0.29, 0.717) is 10.8 Å². The number of carbonyl (C=O) groups excluding carboxylic acids is 1. The first kappa shape index (κ1) is 15.9. The van der Waals surface area contributed by atoms with Gasteiger partial charge >= 0.3 is 0 Å². The molecule has 0 bridgehead atoms. The SMILES string of the molecule is O=C(CNC1(CO)CCc2ccccc21)Nc1ccc(Cl)cn1. The van der Waals surface area contributed by atoms with Gasteiger partial charge in [-0.3, -0.25) is 10.1 Å². The molecule has 3 N–H and O–H groups in total. The zero-order valence-corrected chi connectivity index (χ0v) is 13.3. The number of hydrogen-bond acceptors (Lipinski definition) is 4. The minimum Gasteiger partial charge on any atom is -0.394 e. The van der Waals surface area contributed by atoms with Gasteiger partial charge in [-0.05, 0) is 36.1 Å². The van der Waals surface area contributed by atoms with Gasteiger partial charge in [-0.1, -0.05) is 35.9 Å². The molecule has 5 nitrogen and oxygen atoms in total. The van der Waals surface area contributed by atoms with E-state index in [1.54, 1.807) is 12.1 Å². The van der Waals surface area contributed by atoms with E-state index >= 15 is 0 Å². The standard InChI is InChI=1S/C17H18ClN3O2/c18-13-5-6-15(19-9-13)21-16(23)10-20-17(11-22)8-7-12-3-1-2-4-14(12)17/h1-6,9,20,22H,7-8,10-11H2,(H,19,21,23). The maximum absolute atomic E-state index is 12.1. The Bertz CT molecular complexity index is 705. The molecule has 1 unspecified atom stereocenters. The van der Waals surface area contributed by atoms with Gasteiger partial charge in [-0.25, -0.2) is 4.98 Å². The van der Waals surface area contributed by atoms with Gasteiger partial charge in [0.25, 0.3) is 0 Å². The van der Waals surface area contributed by atoms with E-state index in [1.165, 1.54) is 11.8 Å². The fourth-order valence-electron chi connectivity index (χ4n) is 2.98. The van der Waals surface area contributed by atoms with Crippen LogP contribution in [-0.2, 0) is 16.8 Å². The molecular formula is C17H18ClN3O2. The Kier molecular flexibility index (Phi) is 4.61. The van der Waals surface area contributed by atoms with E-state index in [0.717, 1.165) is 18.4 Å². The van der Waals surface area contributed by atoms with Crippen molar-refractivity contribution in [1.29, 1.82) is 0 Å². The molecule has 0 radical (unpaired) electrons. The zero-order valence-electron chi connectivity index (χ0n) is 12.6. The maximum atomic E-state index is 12.1. The van der Waals surface area contributed by atoms with Crippen LogP contribution in [0.15, 0.2) is 42.6 Å². The molecule has 6 heteroatoms. The summed E-state index contributed by atoms with van der Waals surface area (Å²) < 4.78 is 0. The Hall–Kier alpha value is -1.95. The summed E-state index contributed by atoms with van der Waals surface area (Å²) in [6, 6.07) is 11.3. The number of fused-ring (bicyclic) bond motifs is 1. The van der Waals surface area contributed by atoms with Crippen LogP contribution >= 0.6 is 11.6 Å². The second-order valence-electron chi connectivity index (χ2n) is 5.66. The van der Waals surface area contributed by atoms with Crippen LogP contribution in [0.2, 0.25) is 5.02 Å². The number of hydrogen-bond donors (Lipinski definition) is 3. The fraction of sp³-hybridized carbons (Fsp3) is 0.294. The molecule has 120 valence electrons. The van der Waals surface area contributed by atoms with Crippen LogP contribution in [0.3, 0.4) is 0 Å². The number of aromatic nitrogens is 1.